The van der Waals surface area contributed by atoms with E-state index in [-0.39, 0.29) is 0 Å². The molecule has 0 heterocycles. The van der Waals surface area contributed by atoms with Gasteiger partial charge in [0.05, 0.1) is 0 Å². The molecule has 4 heteroatoms. The fraction of sp³-hybridized carbons (Fsp3) is 0.385. The minimum atomic E-state index is -0.575. The lowest BCUT2D eigenvalue weighted by molar-refractivity contribution is 0.0605. The maximum atomic E-state index is 11.4. The molecule has 0 aromatic heterocycles. The number of nitrogens with zero attached hydrogens (tertiary/aromatic N) is 1. The van der Waals surface area contributed by atoms with Gasteiger partial charge in [0.2, 0.25) is 0 Å². The number of carbonyl (C=O) groups is 1. The highest BCUT2D eigenvalue weighted by atomic mass is 79.9. The second kappa shape index (κ2) is 5.45. The van der Waals surface area contributed by atoms with Crippen molar-refractivity contribution in [2.24, 2.45) is 4.99 Å². The second-order valence-corrected chi connectivity index (χ2v) is 5.60. The normalized spacial score (nSPS) is 11.8. The number of aryl methyl sites for hydroxylation is 1. The zero-order valence-corrected chi connectivity index (χ0v) is 12.0. The van der Waals surface area contributed by atoms with E-state index < -0.39 is 11.7 Å². The van der Waals surface area contributed by atoms with Crippen molar-refractivity contribution in [3.63, 3.8) is 0 Å². The Bertz CT molecular complexity index is 447. The monoisotopic (exact) mass is 297 g/mol. The predicted molar refractivity (Wildman–Crippen MR) is 72.7 cm³/mol. The van der Waals surface area contributed by atoms with E-state index in [4.69, 9.17) is 4.74 Å². The fourth-order valence-corrected chi connectivity index (χ4v) is 1.50. The molecule has 0 bridgehead atoms. The van der Waals surface area contributed by atoms with E-state index in [0.717, 1.165) is 15.6 Å². The lowest BCUT2D eigenvalue weighted by Gasteiger charge is -2.17. The molecule has 3 nitrogen and oxygen atoms in total. The van der Waals surface area contributed by atoms with Crippen LogP contribution in [0.25, 0.3) is 0 Å². The van der Waals surface area contributed by atoms with Gasteiger partial charge in [-0.2, -0.15) is 4.99 Å². The molecule has 1 rings (SSSR count). The highest BCUT2D eigenvalue weighted by Crippen LogP contribution is 2.16. The molecule has 0 saturated heterocycles. The summed E-state index contributed by atoms with van der Waals surface area (Å²) < 4.78 is 6.06. The van der Waals surface area contributed by atoms with Gasteiger partial charge in [0.25, 0.3) is 0 Å². The number of amides is 1. The smallest absolute Gasteiger partial charge is 0.434 e. The van der Waals surface area contributed by atoms with Crippen molar-refractivity contribution in [1.29, 1.82) is 0 Å². The molecule has 1 aromatic carbocycles. The van der Waals surface area contributed by atoms with Crippen LogP contribution < -0.4 is 0 Å². The largest absolute Gasteiger partial charge is 0.442 e. The fourth-order valence-electron chi connectivity index (χ4n) is 1.10. The standard InChI is InChI=1S/C13H16BrNO2/c1-9-5-6-10(7-11(9)14)8-15-12(16)17-13(2,3)4/h5-8H,1-4H3/b15-8+. The maximum absolute atomic E-state index is 11.4. The van der Waals surface area contributed by atoms with Crippen molar-refractivity contribution >= 4 is 28.2 Å². The Morgan fingerprint density at radius 2 is 2.06 bits per heavy atom. The van der Waals surface area contributed by atoms with Crippen LogP contribution in [0.4, 0.5) is 4.79 Å². The minimum absolute atomic E-state index is 0.512. The van der Waals surface area contributed by atoms with E-state index in [1.165, 1.54) is 6.21 Å². The van der Waals surface area contributed by atoms with Crippen LogP contribution >= 0.6 is 15.9 Å². The van der Waals surface area contributed by atoms with Gasteiger partial charge in [-0.25, -0.2) is 4.79 Å². The Balaban J connectivity index is 2.71. The number of carbonyl (C=O) groups excluding carboxylic acids is 1. The SMILES string of the molecule is Cc1ccc(/C=N/C(=O)OC(C)(C)C)cc1Br. The number of rotatable bonds is 1. The zero-order valence-electron chi connectivity index (χ0n) is 10.5. The third kappa shape index (κ3) is 5.13. The second-order valence-electron chi connectivity index (χ2n) is 4.75. The number of hydrogen-bond donors (Lipinski definition) is 0. The molecular formula is C13H16BrNO2. The van der Waals surface area contributed by atoms with Crippen molar-refractivity contribution in [1.82, 2.24) is 0 Å². The number of ether oxygens (including phenoxy) is 1. The Morgan fingerprint density at radius 3 is 2.59 bits per heavy atom. The lowest BCUT2D eigenvalue weighted by atomic mass is 10.2. The third-order valence-corrected chi connectivity index (χ3v) is 2.76. The minimum Gasteiger partial charge on any atom is -0.442 e. The molecule has 0 atom stereocenters. The van der Waals surface area contributed by atoms with E-state index in [9.17, 15) is 4.79 Å². The van der Waals surface area contributed by atoms with Gasteiger partial charge in [-0.05, 0) is 44.9 Å². The van der Waals surface area contributed by atoms with Crippen LogP contribution in [0.3, 0.4) is 0 Å². The Hall–Kier alpha value is -1.16. The highest BCUT2D eigenvalue weighted by molar-refractivity contribution is 9.10. The number of hydrogen-bond acceptors (Lipinski definition) is 2. The molecule has 1 aromatic rings. The van der Waals surface area contributed by atoms with Gasteiger partial charge in [-0.1, -0.05) is 28.1 Å². The van der Waals surface area contributed by atoms with Crippen LogP contribution in [0.5, 0.6) is 0 Å². The Kier molecular flexibility index (Phi) is 4.46. The average molecular weight is 298 g/mol. The summed E-state index contributed by atoms with van der Waals surface area (Å²) in [7, 11) is 0. The van der Waals surface area contributed by atoms with Crippen molar-refractivity contribution in [2.75, 3.05) is 0 Å². The van der Waals surface area contributed by atoms with Crippen LogP contribution in [0.1, 0.15) is 31.9 Å². The summed E-state index contributed by atoms with van der Waals surface area (Å²) in [6.07, 6.45) is 0.923. The van der Waals surface area contributed by atoms with Crippen molar-refractivity contribution in [3.05, 3.63) is 33.8 Å². The van der Waals surface area contributed by atoms with Gasteiger partial charge in [0, 0.05) is 10.7 Å². The molecule has 0 aliphatic rings. The average Bonchev–Trinajstić information content (AvgIpc) is 2.17. The summed E-state index contributed by atoms with van der Waals surface area (Å²) in [6.45, 7) is 7.42. The first-order valence-electron chi connectivity index (χ1n) is 5.31. The van der Waals surface area contributed by atoms with Gasteiger partial charge >= 0.3 is 6.09 Å². The summed E-state index contributed by atoms with van der Waals surface area (Å²) >= 11 is 3.42. The van der Waals surface area contributed by atoms with Crippen LogP contribution in [0.15, 0.2) is 27.7 Å². The van der Waals surface area contributed by atoms with Crippen LogP contribution in [0.2, 0.25) is 0 Å². The van der Waals surface area contributed by atoms with Gasteiger partial charge in [-0.15, -0.1) is 0 Å². The van der Waals surface area contributed by atoms with Gasteiger partial charge in [0.1, 0.15) is 5.60 Å². The number of aliphatic imine (C=N–C) groups is 1. The molecular weight excluding hydrogens is 282 g/mol. The van der Waals surface area contributed by atoms with Gasteiger partial charge < -0.3 is 4.74 Å². The molecule has 0 fully saturated rings. The first-order chi connectivity index (χ1) is 7.78. The summed E-state index contributed by atoms with van der Waals surface area (Å²) in [5.41, 5.74) is 1.48. The van der Waals surface area contributed by atoms with E-state index in [1.807, 2.05) is 45.9 Å². The molecule has 0 aliphatic heterocycles. The highest BCUT2D eigenvalue weighted by Gasteiger charge is 2.14. The first-order valence-corrected chi connectivity index (χ1v) is 6.10. The summed E-state index contributed by atoms with van der Waals surface area (Å²) in [5.74, 6) is 0. The molecule has 0 saturated carbocycles. The molecule has 0 N–H and O–H groups in total. The number of benzene rings is 1. The van der Waals surface area contributed by atoms with Crippen molar-refractivity contribution in [2.45, 2.75) is 33.3 Å². The van der Waals surface area contributed by atoms with E-state index in [0.29, 0.717) is 0 Å². The lowest BCUT2D eigenvalue weighted by Crippen LogP contribution is -2.21. The molecule has 92 valence electrons. The maximum Gasteiger partial charge on any atom is 0.434 e. The Morgan fingerprint density at radius 1 is 1.41 bits per heavy atom. The molecule has 17 heavy (non-hydrogen) atoms. The quantitative estimate of drug-likeness (QED) is 0.732. The van der Waals surface area contributed by atoms with Gasteiger partial charge in [0.15, 0.2) is 0 Å². The van der Waals surface area contributed by atoms with E-state index in [2.05, 4.69) is 20.9 Å². The summed E-state index contributed by atoms with van der Waals surface area (Å²) in [4.78, 5) is 15.1. The van der Waals surface area contributed by atoms with Crippen LogP contribution in [-0.4, -0.2) is 17.9 Å². The van der Waals surface area contributed by atoms with E-state index in [1.54, 1.807) is 0 Å². The molecule has 0 spiro atoms. The van der Waals surface area contributed by atoms with Gasteiger partial charge in [-0.3, -0.25) is 0 Å². The van der Waals surface area contributed by atoms with Crippen molar-refractivity contribution in [3.8, 4) is 0 Å². The molecule has 0 radical (unpaired) electrons. The molecule has 1 amide bonds. The first kappa shape index (κ1) is 13.9. The Labute approximate surface area is 110 Å². The topological polar surface area (TPSA) is 38.7 Å². The van der Waals surface area contributed by atoms with Crippen LogP contribution in [-0.2, 0) is 4.74 Å². The molecule has 0 unspecified atom stereocenters. The van der Waals surface area contributed by atoms with Crippen molar-refractivity contribution < 1.29 is 9.53 Å². The summed E-state index contributed by atoms with van der Waals surface area (Å²) in [5, 5.41) is 0. The predicted octanol–water partition coefficient (Wildman–Crippen LogP) is 4.11. The third-order valence-electron chi connectivity index (χ3n) is 1.91. The zero-order chi connectivity index (χ0) is 13.1. The summed E-state index contributed by atoms with van der Waals surface area (Å²) in [6, 6.07) is 5.76. The molecule has 0 aliphatic carbocycles. The number of halogens is 1. The van der Waals surface area contributed by atoms with E-state index >= 15 is 0 Å². The van der Waals surface area contributed by atoms with Crippen LogP contribution in [0, 0.1) is 6.92 Å².